The van der Waals surface area contributed by atoms with Gasteiger partial charge in [-0.25, -0.2) is 27.6 Å². The molecule has 0 aromatic carbocycles. The molecule has 0 spiro atoms. The van der Waals surface area contributed by atoms with Crippen LogP contribution in [0.1, 0.15) is 128 Å². The molecule has 2 atom stereocenters. The van der Waals surface area contributed by atoms with Gasteiger partial charge >= 0.3 is 47.8 Å². The molecule has 2 unspecified atom stereocenters. The summed E-state index contributed by atoms with van der Waals surface area (Å²) in [6.07, 6.45) is -4.89. The van der Waals surface area contributed by atoms with Crippen LogP contribution in [0.25, 0.3) is 0 Å². The van der Waals surface area contributed by atoms with Crippen LogP contribution < -0.4 is 5.73 Å². The van der Waals surface area contributed by atoms with Crippen LogP contribution in [0.3, 0.4) is 0 Å². The summed E-state index contributed by atoms with van der Waals surface area (Å²) in [5.41, 5.74) is 5.05. The minimum Gasteiger partial charge on any atom is -0.438 e. The number of imide groups is 4. The molecule has 4 aliphatic rings. The molecule has 4 heterocycles. The Bertz CT molecular complexity index is 2380. The largest absolute Gasteiger partial charge is 0.438 e. The van der Waals surface area contributed by atoms with Gasteiger partial charge in [-0.1, -0.05) is 0 Å². The van der Waals surface area contributed by atoms with E-state index in [-0.39, 0.29) is 142 Å². The molecule has 0 aromatic heterocycles. The molecule has 4 saturated heterocycles. The highest BCUT2D eigenvalue weighted by atomic mass is 33.1. The number of carbonyl (C=O) groups excluding carboxylic acids is 16. The average molecular weight is 1290 g/mol. The quantitative estimate of drug-likeness (QED) is 0.0183. The van der Waals surface area contributed by atoms with E-state index in [1.165, 1.54) is 6.26 Å². The highest BCUT2D eigenvalue weighted by Crippen LogP contribution is 2.18. The lowest BCUT2D eigenvalue weighted by Crippen LogP contribution is -2.33. The lowest BCUT2D eigenvalue weighted by atomic mass is 10.2. The van der Waals surface area contributed by atoms with Crippen LogP contribution in [-0.2, 0) is 148 Å². The molecule has 2 N–H and O–H groups in total. The number of esters is 4. The van der Waals surface area contributed by atoms with Gasteiger partial charge in [-0.3, -0.25) is 57.5 Å². The molecule has 0 radical (unpaired) electrons. The topological polar surface area (TPSA) is 466 Å². The number of amides is 8. The van der Waals surface area contributed by atoms with Crippen molar-refractivity contribution in [3.63, 3.8) is 0 Å². The predicted molar refractivity (Wildman–Crippen MR) is 277 cm³/mol. The fourth-order valence-electron chi connectivity index (χ4n) is 6.80. The molecule has 4 fully saturated rings. The first kappa shape index (κ1) is 73.6. The second-order valence-electron chi connectivity index (χ2n) is 18.3. The van der Waals surface area contributed by atoms with Crippen molar-refractivity contribution in [2.45, 2.75) is 141 Å². The van der Waals surface area contributed by atoms with Crippen molar-refractivity contribution in [2.24, 2.45) is 5.73 Å². The normalized spacial score (nSPS) is 15.7. The minimum absolute atomic E-state index is 0.0807. The van der Waals surface area contributed by atoms with Crippen LogP contribution in [0, 0.1) is 0 Å². The van der Waals surface area contributed by atoms with E-state index < -0.39 is 156 Å². The Morgan fingerprint density at radius 3 is 0.851 bits per heavy atom. The monoisotopic (exact) mass is 1290 g/mol. The Kier molecular flexibility index (Phi) is 33.8. The van der Waals surface area contributed by atoms with E-state index in [0.29, 0.717) is 32.6 Å². The second-order valence-corrected chi connectivity index (χ2v) is 22.9. The SMILES string of the molecule is CS(=O)(=O)SCCN.O=C(CCCC(=O)ON1C(=O)CCC1=O)OCOCC(COCC(COCOC(=O)CCCC(=O)ON1C(=O)CCC1=O)OCOC(=O)CCCC(=O)ON1C(=O)CCC1=O)OCOC(=O)CCCC(=O)ON1C(=O)CCC1=O. The van der Waals surface area contributed by atoms with Crippen molar-refractivity contribution in [1.82, 2.24) is 20.3 Å². The van der Waals surface area contributed by atoms with Crippen LogP contribution in [0.2, 0.25) is 0 Å². The van der Waals surface area contributed by atoms with Gasteiger partial charge in [0, 0.05) is 121 Å². The summed E-state index contributed by atoms with van der Waals surface area (Å²) in [7, 11) is -1.97. The van der Waals surface area contributed by atoms with Gasteiger partial charge in [0.2, 0.25) is 0 Å². The third-order valence-corrected chi connectivity index (χ3v) is 13.7. The van der Waals surface area contributed by atoms with Crippen LogP contribution in [0.15, 0.2) is 0 Å². The van der Waals surface area contributed by atoms with Gasteiger partial charge in [-0.2, -0.15) is 0 Å². The summed E-state index contributed by atoms with van der Waals surface area (Å²) in [6.45, 7) is -3.86. The summed E-state index contributed by atoms with van der Waals surface area (Å²) >= 11 is 0. The van der Waals surface area contributed by atoms with Gasteiger partial charge < -0.3 is 67.7 Å². The van der Waals surface area contributed by atoms with E-state index in [1.807, 2.05) is 0 Å². The minimum atomic E-state index is -2.85. The Balaban J connectivity index is 0.00000230. The van der Waals surface area contributed by atoms with Gasteiger partial charge in [0.25, 0.3) is 47.3 Å². The Morgan fingerprint density at radius 1 is 0.391 bits per heavy atom. The third kappa shape index (κ3) is 31.0. The maximum atomic E-state index is 12.4. The average Bonchev–Trinajstić information content (AvgIpc) is 4.23. The van der Waals surface area contributed by atoms with Crippen molar-refractivity contribution in [3.05, 3.63) is 0 Å². The molecule has 36 nitrogen and oxygen atoms in total. The van der Waals surface area contributed by atoms with Gasteiger partial charge in [0.1, 0.15) is 12.2 Å². The highest BCUT2D eigenvalue weighted by molar-refractivity contribution is 8.71. The standard InChI is InChI=1S/C46H58N4O29.C3H9NO2S2/c51-31-13-14-32(52)47(31)76-43(63)9-1-5-39(59)72-25-68-23-29(70-27-74-41(61)7-3-11-45(65)78-49-35(55)17-18-36(49)56)21-67-22-30(71-28-75-42(62)8-4-12-46(66)79-50-37(57)19-20-38(50)58)24-69-26-73-40(60)6-2-10-44(64)77-48-33(53)15-16-34(48)54;1-8(5,6)7-3-2-4/h29-30H,1-28H2;2-4H2,1H3. The van der Waals surface area contributed by atoms with Crippen molar-refractivity contribution in [3.8, 4) is 0 Å². The van der Waals surface area contributed by atoms with Crippen molar-refractivity contribution in [1.29, 1.82) is 0 Å². The Hall–Kier alpha value is -7.62. The molecule has 8 amide bonds. The van der Waals surface area contributed by atoms with Crippen molar-refractivity contribution in [2.75, 3.05) is 72.2 Å². The molecule has 0 bridgehead atoms. The number of hydrogen-bond acceptors (Lipinski definition) is 33. The first-order valence-corrected chi connectivity index (χ1v) is 30.1. The van der Waals surface area contributed by atoms with E-state index in [0.717, 1.165) is 10.8 Å². The molecule has 4 rings (SSSR count). The molecule has 87 heavy (non-hydrogen) atoms. The van der Waals surface area contributed by atoms with Crippen LogP contribution >= 0.6 is 10.8 Å². The van der Waals surface area contributed by atoms with Gasteiger partial charge in [0.15, 0.2) is 36.0 Å². The molecule has 486 valence electrons. The summed E-state index contributed by atoms with van der Waals surface area (Å²) in [4.78, 5) is 210. The van der Waals surface area contributed by atoms with E-state index in [2.05, 4.69) is 0 Å². The van der Waals surface area contributed by atoms with E-state index >= 15 is 0 Å². The number of hydrogen-bond donors (Lipinski definition) is 1. The van der Waals surface area contributed by atoms with Crippen molar-refractivity contribution < 1.29 is 147 Å². The summed E-state index contributed by atoms with van der Waals surface area (Å²) in [5, 5.41) is 1.46. The zero-order valence-corrected chi connectivity index (χ0v) is 48.8. The number of nitrogens with two attached hydrogens (primary N) is 1. The lowest BCUT2D eigenvalue weighted by Gasteiger charge is -2.21. The highest BCUT2D eigenvalue weighted by Gasteiger charge is 2.36. The molecule has 0 aromatic rings. The first-order chi connectivity index (χ1) is 41.3. The fourth-order valence-corrected chi connectivity index (χ4v) is 8.40. The zero-order chi connectivity index (χ0) is 64.3. The molecule has 4 aliphatic heterocycles. The fraction of sp³-hybridized carbons (Fsp3) is 0.673. The summed E-state index contributed by atoms with van der Waals surface area (Å²) in [5.74, 6) is -12.0. The summed E-state index contributed by atoms with van der Waals surface area (Å²) < 4.78 is 68.5. The molecule has 0 aliphatic carbocycles. The van der Waals surface area contributed by atoms with E-state index in [4.69, 9.17) is 67.7 Å². The number of nitrogens with zero attached hydrogens (tertiary/aromatic N) is 4. The van der Waals surface area contributed by atoms with Gasteiger partial charge in [0.05, 0.1) is 26.4 Å². The number of ether oxygens (including phenoxy) is 9. The van der Waals surface area contributed by atoms with Crippen molar-refractivity contribution >= 4 is 115 Å². The predicted octanol–water partition coefficient (Wildman–Crippen LogP) is -1.44. The van der Waals surface area contributed by atoms with Gasteiger partial charge in [-0.05, 0) is 36.5 Å². The van der Waals surface area contributed by atoms with Crippen LogP contribution in [-0.4, -0.2) is 208 Å². The third-order valence-electron chi connectivity index (χ3n) is 11.1. The molecular weight excluding hydrogens is 1220 g/mol. The van der Waals surface area contributed by atoms with Gasteiger partial charge in [-0.15, -0.1) is 20.3 Å². The summed E-state index contributed by atoms with van der Waals surface area (Å²) in [6, 6.07) is 0. The maximum Gasteiger partial charge on any atom is 0.333 e. The van der Waals surface area contributed by atoms with Crippen LogP contribution in [0.5, 0.6) is 0 Å². The number of hydroxylamine groups is 8. The number of carbonyl (C=O) groups is 16. The molecular formula is C49H67N5O31S2. The second kappa shape index (κ2) is 40.0. The molecule has 0 saturated carbocycles. The van der Waals surface area contributed by atoms with E-state index in [9.17, 15) is 85.1 Å². The lowest BCUT2D eigenvalue weighted by molar-refractivity contribution is -0.197. The van der Waals surface area contributed by atoms with E-state index in [1.54, 1.807) is 0 Å². The Morgan fingerprint density at radius 2 is 0.621 bits per heavy atom. The Labute approximate surface area is 499 Å². The molecule has 38 heteroatoms. The smallest absolute Gasteiger partial charge is 0.333 e. The van der Waals surface area contributed by atoms with Crippen LogP contribution in [0.4, 0.5) is 0 Å². The zero-order valence-electron chi connectivity index (χ0n) is 47.2. The number of rotatable bonds is 41. The first-order valence-electron chi connectivity index (χ1n) is 26.7. The maximum absolute atomic E-state index is 12.4.